The molecular weight excluding hydrogens is 498 g/mol. The van der Waals surface area contributed by atoms with E-state index in [-0.39, 0.29) is 29.7 Å². The Kier molecular flexibility index (Phi) is 10.6. The molecule has 2 aromatic rings. The number of nitrogens with one attached hydrogen (secondary N) is 2. The molecule has 2 N–H and O–H groups in total. The predicted molar refractivity (Wildman–Crippen MR) is 118 cm³/mol. The SMILES string of the molecule is CN=C(NCCc1cccc(OC)c1)NCc1ccc(OCC(F)(F)F)cc1.I. The maximum Gasteiger partial charge on any atom is 0.422 e. The summed E-state index contributed by atoms with van der Waals surface area (Å²) in [6.07, 6.45) is -3.54. The lowest BCUT2D eigenvalue weighted by Crippen LogP contribution is -2.37. The quantitative estimate of drug-likeness (QED) is 0.310. The van der Waals surface area contributed by atoms with Gasteiger partial charge in [0.25, 0.3) is 0 Å². The van der Waals surface area contributed by atoms with E-state index in [0.717, 1.165) is 23.3 Å². The summed E-state index contributed by atoms with van der Waals surface area (Å²) < 4.78 is 46.4. The first-order valence-electron chi connectivity index (χ1n) is 8.75. The lowest BCUT2D eigenvalue weighted by atomic mass is 10.1. The number of hydrogen-bond acceptors (Lipinski definition) is 3. The Morgan fingerprint density at radius 2 is 1.72 bits per heavy atom. The number of aliphatic imine (C=N–C) groups is 1. The van der Waals surface area contributed by atoms with Crippen molar-refractivity contribution in [3.05, 3.63) is 59.7 Å². The van der Waals surface area contributed by atoms with Crippen LogP contribution < -0.4 is 20.1 Å². The Morgan fingerprint density at radius 3 is 2.34 bits per heavy atom. The number of benzene rings is 2. The lowest BCUT2D eigenvalue weighted by Gasteiger charge is -2.13. The van der Waals surface area contributed by atoms with Gasteiger partial charge in [0.1, 0.15) is 11.5 Å². The highest BCUT2D eigenvalue weighted by molar-refractivity contribution is 14.0. The number of guanidine groups is 1. The van der Waals surface area contributed by atoms with Crippen molar-refractivity contribution in [3.8, 4) is 11.5 Å². The van der Waals surface area contributed by atoms with E-state index in [1.165, 1.54) is 12.1 Å². The number of rotatable bonds is 8. The topological polar surface area (TPSA) is 54.9 Å². The summed E-state index contributed by atoms with van der Waals surface area (Å²) in [5.74, 6) is 1.64. The molecular formula is C20H25F3IN3O2. The van der Waals surface area contributed by atoms with Gasteiger partial charge in [0.05, 0.1) is 7.11 Å². The van der Waals surface area contributed by atoms with Crippen molar-refractivity contribution in [2.45, 2.75) is 19.1 Å². The van der Waals surface area contributed by atoms with Crippen molar-refractivity contribution in [1.82, 2.24) is 10.6 Å². The van der Waals surface area contributed by atoms with Gasteiger partial charge in [-0.2, -0.15) is 13.2 Å². The van der Waals surface area contributed by atoms with Crippen molar-refractivity contribution >= 4 is 29.9 Å². The van der Waals surface area contributed by atoms with Gasteiger partial charge in [-0.25, -0.2) is 0 Å². The number of nitrogens with zero attached hydrogens (tertiary/aromatic N) is 1. The van der Waals surface area contributed by atoms with Crippen LogP contribution in [0.25, 0.3) is 0 Å². The van der Waals surface area contributed by atoms with E-state index < -0.39 is 12.8 Å². The molecule has 0 saturated heterocycles. The van der Waals surface area contributed by atoms with Gasteiger partial charge >= 0.3 is 6.18 Å². The molecule has 5 nitrogen and oxygen atoms in total. The van der Waals surface area contributed by atoms with Crippen LogP contribution in [0.1, 0.15) is 11.1 Å². The summed E-state index contributed by atoms with van der Waals surface area (Å²) in [6, 6.07) is 14.3. The van der Waals surface area contributed by atoms with E-state index in [2.05, 4.69) is 15.6 Å². The van der Waals surface area contributed by atoms with E-state index in [1.54, 1.807) is 26.3 Å². The molecule has 0 aliphatic heterocycles. The van der Waals surface area contributed by atoms with Crippen LogP contribution in [0, 0.1) is 0 Å². The third-order valence-corrected chi connectivity index (χ3v) is 3.85. The average molecular weight is 523 g/mol. The van der Waals surface area contributed by atoms with Gasteiger partial charge in [0, 0.05) is 20.1 Å². The highest BCUT2D eigenvalue weighted by atomic mass is 127. The van der Waals surface area contributed by atoms with E-state index in [0.29, 0.717) is 19.0 Å². The monoisotopic (exact) mass is 523 g/mol. The Bertz CT molecular complexity index is 768. The van der Waals surface area contributed by atoms with Crippen molar-refractivity contribution in [1.29, 1.82) is 0 Å². The van der Waals surface area contributed by atoms with Gasteiger partial charge < -0.3 is 20.1 Å². The molecule has 160 valence electrons. The molecule has 2 rings (SSSR count). The first-order chi connectivity index (χ1) is 13.4. The molecule has 0 heterocycles. The van der Waals surface area contributed by atoms with E-state index in [1.807, 2.05) is 24.3 Å². The normalized spacial score (nSPS) is 11.4. The van der Waals surface area contributed by atoms with Crippen LogP contribution >= 0.6 is 24.0 Å². The molecule has 0 aliphatic carbocycles. The molecule has 29 heavy (non-hydrogen) atoms. The van der Waals surface area contributed by atoms with Gasteiger partial charge in [0.15, 0.2) is 12.6 Å². The summed E-state index contributed by atoms with van der Waals surface area (Å²) in [6.45, 7) is -0.121. The molecule has 0 spiro atoms. The largest absolute Gasteiger partial charge is 0.497 e. The summed E-state index contributed by atoms with van der Waals surface area (Å²) >= 11 is 0. The second kappa shape index (κ2) is 12.4. The molecule has 2 aromatic carbocycles. The second-order valence-electron chi connectivity index (χ2n) is 6.00. The molecule has 0 fully saturated rings. The van der Waals surface area contributed by atoms with Crippen LogP contribution in [0.15, 0.2) is 53.5 Å². The predicted octanol–water partition coefficient (Wildman–Crippen LogP) is 4.16. The molecule has 0 radical (unpaired) electrons. The number of halogens is 4. The van der Waals surface area contributed by atoms with Crippen LogP contribution in [0.2, 0.25) is 0 Å². The minimum Gasteiger partial charge on any atom is -0.497 e. The summed E-state index contributed by atoms with van der Waals surface area (Å²) in [7, 11) is 3.31. The Balaban J connectivity index is 0.00000420. The van der Waals surface area contributed by atoms with Crippen LogP contribution in [0.5, 0.6) is 11.5 Å². The smallest absolute Gasteiger partial charge is 0.422 e. The van der Waals surface area contributed by atoms with Gasteiger partial charge in [-0.3, -0.25) is 4.99 Å². The van der Waals surface area contributed by atoms with Crippen LogP contribution in [0.3, 0.4) is 0 Å². The summed E-state index contributed by atoms with van der Waals surface area (Å²) in [4.78, 5) is 4.16. The third kappa shape index (κ3) is 9.73. The maximum atomic E-state index is 12.2. The number of methoxy groups -OCH3 is 1. The van der Waals surface area contributed by atoms with E-state index in [4.69, 9.17) is 9.47 Å². The zero-order valence-electron chi connectivity index (χ0n) is 16.3. The molecule has 9 heteroatoms. The van der Waals surface area contributed by atoms with Crippen molar-refractivity contribution in [3.63, 3.8) is 0 Å². The summed E-state index contributed by atoms with van der Waals surface area (Å²) in [5.41, 5.74) is 2.05. The molecule has 0 atom stereocenters. The molecule has 0 aliphatic rings. The van der Waals surface area contributed by atoms with Crippen LogP contribution in [-0.4, -0.2) is 39.4 Å². The van der Waals surface area contributed by atoms with Crippen molar-refractivity contribution in [2.24, 2.45) is 4.99 Å². The fourth-order valence-electron chi connectivity index (χ4n) is 2.43. The Labute approximate surface area is 185 Å². The van der Waals surface area contributed by atoms with Gasteiger partial charge in [-0.05, 0) is 41.8 Å². The fraction of sp³-hybridized carbons (Fsp3) is 0.350. The summed E-state index contributed by atoms with van der Waals surface area (Å²) in [5, 5.41) is 6.39. The van der Waals surface area contributed by atoms with E-state index >= 15 is 0 Å². The molecule has 0 aromatic heterocycles. The minimum absolute atomic E-state index is 0. The van der Waals surface area contributed by atoms with Gasteiger partial charge in [0.2, 0.25) is 0 Å². The molecule has 0 bridgehead atoms. The van der Waals surface area contributed by atoms with Crippen LogP contribution in [0.4, 0.5) is 13.2 Å². The first-order valence-corrected chi connectivity index (χ1v) is 8.75. The molecule has 0 unspecified atom stereocenters. The maximum absolute atomic E-state index is 12.2. The molecule has 0 amide bonds. The fourth-order valence-corrected chi connectivity index (χ4v) is 2.43. The van der Waals surface area contributed by atoms with Crippen LogP contribution in [-0.2, 0) is 13.0 Å². The Morgan fingerprint density at radius 1 is 1.00 bits per heavy atom. The van der Waals surface area contributed by atoms with Gasteiger partial charge in [-0.1, -0.05) is 24.3 Å². The van der Waals surface area contributed by atoms with Gasteiger partial charge in [-0.15, -0.1) is 24.0 Å². The van der Waals surface area contributed by atoms with Crippen molar-refractivity contribution < 1.29 is 22.6 Å². The minimum atomic E-state index is -4.34. The zero-order valence-corrected chi connectivity index (χ0v) is 18.6. The average Bonchev–Trinajstić information content (AvgIpc) is 2.69. The standard InChI is InChI=1S/C20H24F3N3O2.HI/c1-24-19(25-11-10-15-4-3-5-18(12-15)27-2)26-13-16-6-8-17(9-7-16)28-14-20(21,22)23;/h3-9,12H,10-11,13-14H2,1-2H3,(H2,24,25,26);1H. The lowest BCUT2D eigenvalue weighted by molar-refractivity contribution is -0.153. The van der Waals surface area contributed by atoms with Crippen molar-refractivity contribution in [2.75, 3.05) is 27.3 Å². The molecule has 0 saturated carbocycles. The zero-order chi connectivity index (χ0) is 20.4. The highest BCUT2D eigenvalue weighted by Crippen LogP contribution is 2.18. The second-order valence-corrected chi connectivity index (χ2v) is 6.00. The highest BCUT2D eigenvalue weighted by Gasteiger charge is 2.28. The first kappa shape index (κ1) is 24.9. The van der Waals surface area contributed by atoms with E-state index in [9.17, 15) is 13.2 Å². The Hall–Kier alpha value is -2.17. The number of hydrogen-bond donors (Lipinski definition) is 2. The number of alkyl halides is 3. The third-order valence-electron chi connectivity index (χ3n) is 3.85. The number of ether oxygens (including phenoxy) is 2.